The van der Waals surface area contributed by atoms with Gasteiger partial charge in [0.2, 0.25) is 0 Å². The van der Waals surface area contributed by atoms with Crippen LogP contribution in [-0.4, -0.2) is 23.0 Å². The smallest absolute Gasteiger partial charge is 0.326 e. The fourth-order valence-electron chi connectivity index (χ4n) is 2.01. The van der Waals surface area contributed by atoms with Gasteiger partial charge in [0.1, 0.15) is 6.04 Å². The van der Waals surface area contributed by atoms with E-state index in [1.807, 2.05) is 24.3 Å². The van der Waals surface area contributed by atoms with E-state index in [2.05, 4.69) is 5.32 Å². The molecule has 1 aromatic carbocycles. The first kappa shape index (κ1) is 14.5. The van der Waals surface area contributed by atoms with Gasteiger partial charge in [-0.15, -0.1) is 11.3 Å². The number of aliphatic carboxylic acids is 1. The lowest BCUT2D eigenvalue weighted by atomic mass is 9.86. The summed E-state index contributed by atoms with van der Waals surface area (Å²) in [6.45, 7) is 5.37. The molecule has 1 heterocycles. The predicted octanol–water partition coefficient (Wildman–Crippen LogP) is 3.13. The average molecular weight is 291 g/mol. The highest BCUT2D eigenvalue weighted by molar-refractivity contribution is 7.17. The van der Waals surface area contributed by atoms with E-state index >= 15 is 0 Å². The Morgan fingerprint density at radius 3 is 2.50 bits per heavy atom. The molecule has 0 bridgehead atoms. The average Bonchev–Trinajstić information content (AvgIpc) is 2.77. The molecular formula is C15H17NO3S. The van der Waals surface area contributed by atoms with E-state index < -0.39 is 17.4 Å². The van der Waals surface area contributed by atoms with E-state index in [9.17, 15) is 14.7 Å². The van der Waals surface area contributed by atoms with Crippen LogP contribution in [0.25, 0.3) is 10.1 Å². The van der Waals surface area contributed by atoms with Crippen LogP contribution in [0.1, 0.15) is 31.1 Å². The van der Waals surface area contributed by atoms with Gasteiger partial charge < -0.3 is 10.4 Å². The summed E-state index contributed by atoms with van der Waals surface area (Å²) in [5, 5.41) is 14.5. The summed E-state index contributed by atoms with van der Waals surface area (Å²) in [6.07, 6.45) is 0. The molecule has 0 fully saturated rings. The van der Waals surface area contributed by atoms with Crippen LogP contribution >= 0.6 is 11.3 Å². The lowest BCUT2D eigenvalue weighted by Crippen LogP contribution is -2.49. The van der Waals surface area contributed by atoms with E-state index in [-0.39, 0.29) is 5.91 Å². The Kier molecular flexibility index (Phi) is 3.81. The highest BCUT2D eigenvalue weighted by Crippen LogP contribution is 2.26. The predicted molar refractivity (Wildman–Crippen MR) is 80.2 cm³/mol. The zero-order valence-electron chi connectivity index (χ0n) is 11.6. The maximum Gasteiger partial charge on any atom is 0.326 e. The number of carbonyl (C=O) groups excluding carboxylic acids is 1. The Morgan fingerprint density at radius 1 is 1.25 bits per heavy atom. The maximum atomic E-state index is 12.3. The molecule has 4 nitrogen and oxygen atoms in total. The minimum atomic E-state index is -1.02. The second kappa shape index (κ2) is 5.25. The highest BCUT2D eigenvalue weighted by Gasteiger charge is 2.33. The zero-order chi connectivity index (χ0) is 14.9. The first-order valence-corrected chi connectivity index (χ1v) is 7.18. The highest BCUT2D eigenvalue weighted by atomic mass is 32.1. The second-order valence-corrected chi connectivity index (χ2v) is 6.67. The number of fused-ring (bicyclic) bond motifs is 1. The van der Waals surface area contributed by atoms with Crippen LogP contribution in [0.5, 0.6) is 0 Å². The summed E-state index contributed by atoms with van der Waals surface area (Å²) in [7, 11) is 0. The summed E-state index contributed by atoms with van der Waals surface area (Å²) >= 11 is 1.48. The normalized spacial score (nSPS) is 13.2. The summed E-state index contributed by atoms with van der Waals surface area (Å²) in [5.74, 6) is -1.37. The van der Waals surface area contributed by atoms with Crippen molar-refractivity contribution in [2.24, 2.45) is 5.41 Å². The molecule has 0 aliphatic rings. The third-order valence-electron chi connectivity index (χ3n) is 3.11. The van der Waals surface area contributed by atoms with Crippen LogP contribution in [0.3, 0.4) is 0 Å². The monoisotopic (exact) mass is 291 g/mol. The van der Waals surface area contributed by atoms with Gasteiger partial charge in [0.05, 0.1) is 5.56 Å². The number of amides is 1. The molecule has 0 saturated heterocycles. The SMILES string of the molecule is CC(C)(C)[C@@H](NC(=O)c1csc2ccccc12)C(=O)O. The first-order chi connectivity index (χ1) is 9.30. The van der Waals surface area contributed by atoms with Gasteiger partial charge in [-0.2, -0.15) is 0 Å². The molecule has 5 heteroatoms. The lowest BCUT2D eigenvalue weighted by molar-refractivity contribution is -0.142. The van der Waals surface area contributed by atoms with Crippen molar-refractivity contribution in [2.75, 3.05) is 0 Å². The first-order valence-electron chi connectivity index (χ1n) is 6.30. The molecule has 106 valence electrons. The van der Waals surface area contributed by atoms with E-state index in [4.69, 9.17) is 0 Å². The second-order valence-electron chi connectivity index (χ2n) is 5.76. The number of thiophene rings is 1. The molecule has 2 N–H and O–H groups in total. The largest absolute Gasteiger partial charge is 0.480 e. The molecule has 20 heavy (non-hydrogen) atoms. The Labute approximate surface area is 121 Å². The van der Waals surface area contributed by atoms with Crippen LogP contribution < -0.4 is 5.32 Å². The van der Waals surface area contributed by atoms with Gasteiger partial charge in [0.15, 0.2) is 0 Å². The van der Waals surface area contributed by atoms with Crippen molar-refractivity contribution in [1.82, 2.24) is 5.32 Å². The van der Waals surface area contributed by atoms with Gasteiger partial charge >= 0.3 is 5.97 Å². The van der Waals surface area contributed by atoms with Crippen LogP contribution in [0.15, 0.2) is 29.6 Å². The maximum absolute atomic E-state index is 12.3. The van der Waals surface area contributed by atoms with Gasteiger partial charge in [0.25, 0.3) is 5.91 Å². The Balaban J connectivity index is 2.30. The number of carboxylic acid groups (broad SMARTS) is 1. The van der Waals surface area contributed by atoms with Crippen molar-refractivity contribution in [3.63, 3.8) is 0 Å². The number of benzene rings is 1. The summed E-state index contributed by atoms with van der Waals surface area (Å²) in [5.41, 5.74) is -0.0195. The third kappa shape index (κ3) is 2.82. The summed E-state index contributed by atoms with van der Waals surface area (Å²) in [6, 6.07) is 6.66. The number of rotatable bonds is 3. The van der Waals surface area contributed by atoms with Crippen molar-refractivity contribution < 1.29 is 14.7 Å². The summed E-state index contributed by atoms with van der Waals surface area (Å²) < 4.78 is 1.01. The Morgan fingerprint density at radius 2 is 1.90 bits per heavy atom. The molecule has 2 aromatic rings. The molecule has 1 atom stereocenters. The van der Waals surface area contributed by atoms with Crippen molar-refractivity contribution in [2.45, 2.75) is 26.8 Å². The van der Waals surface area contributed by atoms with Crippen molar-refractivity contribution in [1.29, 1.82) is 0 Å². The minimum absolute atomic E-state index is 0.343. The number of carbonyl (C=O) groups is 2. The van der Waals surface area contributed by atoms with Crippen LogP contribution in [0, 0.1) is 5.41 Å². The molecule has 0 aliphatic carbocycles. The number of hydrogen-bond donors (Lipinski definition) is 2. The van der Waals surface area contributed by atoms with Gasteiger partial charge in [-0.05, 0) is 11.5 Å². The molecule has 0 spiro atoms. The fraction of sp³-hybridized carbons (Fsp3) is 0.333. The van der Waals surface area contributed by atoms with Gasteiger partial charge in [-0.3, -0.25) is 4.79 Å². The third-order valence-corrected chi connectivity index (χ3v) is 4.08. The van der Waals surface area contributed by atoms with E-state index in [1.165, 1.54) is 11.3 Å². The Hall–Kier alpha value is -1.88. The van der Waals surface area contributed by atoms with Crippen molar-refractivity contribution in [3.8, 4) is 0 Å². The van der Waals surface area contributed by atoms with Crippen LogP contribution in [0.4, 0.5) is 0 Å². The molecule has 1 aromatic heterocycles. The van der Waals surface area contributed by atoms with E-state index in [0.29, 0.717) is 5.56 Å². The van der Waals surface area contributed by atoms with Gasteiger partial charge in [-0.1, -0.05) is 39.0 Å². The zero-order valence-corrected chi connectivity index (χ0v) is 12.5. The number of hydrogen-bond acceptors (Lipinski definition) is 3. The van der Waals surface area contributed by atoms with E-state index in [1.54, 1.807) is 26.2 Å². The van der Waals surface area contributed by atoms with Gasteiger partial charge in [0, 0.05) is 15.5 Å². The minimum Gasteiger partial charge on any atom is -0.480 e. The number of nitrogens with one attached hydrogen (secondary N) is 1. The fourth-order valence-corrected chi connectivity index (χ4v) is 2.95. The lowest BCUT2D eigenvalue weighted by Gasteiger charge is -2.27. The molecule has 0 aliphatic heterocycles. The molecule has 0 saturated carbocycles. The van der Waals surface area contributed by atoms with Crippen LogP contribution in [0.2, 0.25) is 0 Å². The number of carboxylic acids is 1. The van der Waals surface area contributed by atoms with Crippen LogP contribution in [-0.2, 0) is 4.79 Å². The van der Waals surface area contributed by atoms with Crippen molar-refractivity contribution >= 4 is 33.3 Å². The molecule has 0 radical (unpaired) electrons. The molecular weight excluding hydrogens is 274 g/mol. The van der Waals surface area contributed by atoms with Gasteiger partial charge in [-0.25, -0.2) is 4.79 Å². The standard InChI is InChI=1S/C15H17NO3S/c1-15(2,3)12(14(18)19)16-13(17)10-8-20-11-7-5-4-6-9(10)11/h4-8,12H,1-3H3,(H,16,17)(H,18,19)/t12-/m0/s1. The Bertz CT molecular complexity index is 654. The molecule has 1 amide bonds. The molecule has 2 rings (SSSR count). The topological polar surface area (TPSA) is 66.4 Å². The van der Waals surface area contributed by atoms with E-state index in [0.717, 1.165) is 10.1 Å². The quantitative estimate of drug-likeness (QED) is 0.913. The van der Waals surface area contributed by atoms with Crippen molar-refractivity contribution in [3.05, 3.63) is 35.2 Å². The summed E-state index contributed by atoms with van der Waals surface area (Å²) in [4.78, 5) is 23.6. The molecule has 0 unspecified atom stereocenters.